The highest BCUT2D eigenvalue weighted by atomic mass is 16.4. The number of nitrogens with zero attached hydrogens (tertiary/aromatic N) is 2. The number of oxazole rings is 2. The van der Waals surface area contributed by atoms with E-state index in [1.165, 1.54) is 33.4 Å². The Morgan fingerprint density at radius 1 is 0.364 bits per heavy atom. The maximum absolute atomic E-state index is 6.14. The van der Waals surface area contributed by atoms with Crippen LogP contribution in [0.4, 0.5) is 0 Å². The first-order valence-corrected chi connectivity index (χ1v) is 15.1. The minimum atomic E-state index is 0.572. The fourth-order valence-corrected chi connectivity index (χ4v) is 5.36. The third kappa shape index (κ3) is 5.62. The zero-order valence-electron chi connectivity index (χ0n) is 24.8. The normalized spacial score (nSPS) is 11.1. The van der Waals surface area contributed by atoms with Gasteiger partial charge in [0.15, 0.2) is 11.5 Å². The molecule has 5 aromatic carbocycles. The molecule has 214 valence electrons. The average Bonchev–Trinajstić information content (AvgIpc) is 3.80. The van der Waals surface area contributed by atoms with E-state index in [1.807, 2.05) is 24.3 Å². The van der Waals surface area contributed by atoms with Gasteiger partial charge in [-0.15, -0.1) is 0 Å². The maximum atomic E-state index is 6.14. The lowest BCUT2D eigenvalue weighted by molar-refractivity contribution is 0.587. The van der Waals surface area contributed by atoms with E-state index in [0.29, 0.717) is 11.8 Å². The summed E-state index contributed by atoms with van der Waals surface area (Å²) in [5, 5.41) is 0. The Labute approximate surface area is 257 Å². The summed E-state index contributed by atoms with van der Waals surface area (Å²) in [7, 11) is 0. The molecule has 4 nitrogen and oxygen atoms in total. The van der Waals surface area contributed by atoms with Crippen molar-refractivity contribution in [3.63, 3.8) is 0 Å². The molecule has 0 saturated heterocycles. The van der Waals surface area contributed by atoms with Crippen molar-refractivity contribution in [2.45, 2.75) is 26.7 Å². The topological polar surface area (TPSA) is 52.1 Å². The predicted octanol–water partition coefficient (Wildman–Crippen LogP) is 10.8. The first kappa shape index (κ1) is 27.4. The Kier molecular flexibility index (Phi) is 7.47. The average molecular weight is 573 g/mol. The SMILES string of the molecule is CCc1ccc(-c2ccc(-c3cnc(-c4ccc(-c5ncc(-c6ccc(-c7ccc(CC)cc7)cc6)o5)cc4)o3)cc2)cc1. The van der Waals surface area contributed by atoms with Crippen molar-refractivity contribution < 1.29 is 8.83 Å². The van der Waals surface area contributed by atoms with Crippen LogP contribution in [0, 0.1) is 0 Å². The maximum Gasteiger partial charge on any atom is 0.226 e. The number of hydrogen-bond donors (Lipinski definition) is 0. The smallest absolute Gasteiger partial charge is 0.226 e. The van der Waals surface area contributed by atoms with E-state index in [1.54, 1.807) is 12.4 Å². The number of rotatable bonds is 8. The van der Waals surface area contributed by atoms with Crippen LogP contribution in [-0.2, 0) is 12.8 Å². The Balaban J connectivity index is 1.03. The fourth-order valence-electron chi connectivity index (χ4n) is 5.36. The first-order chi connectivity index (χ1) is 21.7. The van der Waals surface area contributed by atoms with Crippen LogP contribution < -0.4 is 0 Å². The molecule has 0 bridgehead atoms. The number of aromatic nitrogens is 2. The molecule has 0 fully saturated rings. The second-order valence-electron chi connectivity index (χ2n) is 10.9. The van der Waals surface area contributed by atoms with Gasteiger partial charge in [-0.2, -0.15) is 0 Å². The monoisotopic (exact) mass is 572 g/mol. The molecule has 0 amide bonds. The van der Waals surface area contributed by atoms with Gasteiger partial charge in [-0.1, -0.05) is 111 Å². The van der Waals surface area contributed by atoms with Crippen LogP contribution in [0.25, 0.3) is 67.8 Å². The van der Waals surface area contributed by atoms with Gasteiger partial charge in [-0.05, 0) is 70.5 Å². The highest BCUT2D eigenvalue weighted by molar-refractivity contribution is 5.71. The third-order valence-electron chi connectivity index (χ3n) is 8.12. The van der Waals surface area contributed by atoms with Crippen molar-refractivity contribution >= 4 is 0 Å². The summed E-state index contributed by atoms with van der Waals surface area (Å²) in [4.78, 5) is 9.08. The second-order valence-corrected chi connectivity index (χ2v) is 10.9. The molecule has 44 heavy (non-hydrogen) atoms. The molecule has 0 radical (unpaired) electrons. The van der Waals surface area contributed by atoms with Gasteiger partial charge in [0, 0.05) is 22.3 Å². The lowest BCUT2D eigenvalue weighted by atomic mass is 10.0. The van der Waals surface area contributed by atoms with Crippen molar-refractivity contribution in [2.75, 3.05) is 0 Å². The zero-order chi connectivity index (χ0) is 29.9. The summed E-state index contributed by atoms with van der Waals surface area (Å²) in [6.45, 7) is 4.34. The summed E-state index contributed by atoms with van der Waals surface area (Å²) in [5.41, 5.74) is 11.2. The number of hydrogen-bond acceptors (Lipinski definition) is 4. The van der Waals surface area contributed by atoms with Crippen LogP contribution in [0.3, 0.4) is 0 Å². The molecule has 2 heterocycles. The Morgan fingerprint density at radius 3 is 0.955 bits per heavy atom. The van der Waals surface area contributed by atoms with E-state index in [9.17, 15) is 0 Å². The molecule has 7 aromatic rings. The van der Waals surface area contributed by atoms with E-state index in [0.717, 1.165) is 46.6 Å². The highest BCUT2D eigenvalue weighted by Gasteiger charge is 2.12. The molecular formula is C40H32N2O2. The molecule has 2 aromatic heterocycles. The quantitative estimate of drug-likeness (QED) is 0.182. The van der Waals surface area contributed by atoms with Crippen molar-refractivity contribution in [1.29, 1.82) is 0 Å². The van der Waals surface area contributed by atoms with Crippen molar-refractivity contribution in [2.24, 2.45) is 0 Å². The van der Waals surface area contributed by atoms with Crippen LogP contribution >= 0.6 is 0 Å². The van der Waals surface area contributed by atoms with Crippen LogP contribution in [-0.4, -0.2) is 9.97 Å². The van der Waals surface area contributed by atoms with Gasteiger partial charge in [0.05, 0.1) is 12.4 Å². The molecular weight excluding hydrogens is 540 g/mol. The van der Waals surface area contributed by atoms with E-state index in [2.05, 4.69) is 121 Å². The van der Waals surface area contributed by atoms with Crippen molar-refractivity contribution in [3.05, 3.63) is 145 Å². The molecule has 0 N–H and O–H groups in total. The second kappa shape index (κ2) is 12.0. The van der Waals surface area contributed by atoms with Crippen molar-refractivity contribution in [3.8, 4) is 67.8 Å². The molecule has 0 aliphatic heterocycles. The predicted molar refractivity (Wildman–Crippen MR) is 178 cm³/mol. The fraction of sp³-hybridized carbons (Fsp3) is 0.100. The molecule has 0 aliphatic rings. The van der Waals surface area contributed by atoms with Gasteiger partial charge >= 0.3 is 0 Å². The molecule has 0 aliphatic carbocycles. The molecule has 0 spiro atoms. The van der Waals surface area contributed by atoms with Gasteiger partial charge in [0.2, 0.25) is 11.8 Å². The van der Waals surface area contributed by atoms with E-state index in [-0.39, 0.29) is 0 Å². The van der Waals surface area contributed by atoms with Gasteiger partial charge in [-0.3, -0.25) is 0 Å². The molecule has 0 atom stereocenters. The summed E-state index contributed by atoms with van der Waals surface area (Å²) < 4.78 is 12.3. The van der Waals surface area contributed by atoms with Crippen LogP contribution in [0.15, 0.2) is 143 Å². The van der Waals surface area contributed by atoms with Gasteiger partial charge in [-0.25, -0.2) is 9.97 Å². The Bertz CT molecular complexity index is 1830. The number of benzene rings is 5. The van der Waals surface area contributed by atoms with Gasteiger partial charge in [0.25, 0.3) is 0 Å². The van der Waals surface area contributed by atoms with E-state index in [4.69, 9.17) is 8.83 Å². The highest BCUT2D eigenvalue weighted by Crippen LogP contribution is 2.32. The summed E-state index contributed by atoms with van der Waals surface area (Å²) in [6, 6.07) is 42.2. The third-order valence-corrected chi connectivity index (χ3v) is 8.12. The summed E-state index contributed by atoms with van der Waals surface area (Å²) >= 11 is 0. The number of aryl methyl sites for hydroxylation is 2. The lowest BCUT2D eigenvalue weighted by Crippen LogP contribution is -1.82. The lowest BCUT2D eigenvalue weighted by Gasteiger charge is -2.04. The first-order valence-electron chi connectivity index (χ1n) is 15.1. The zero-order valence-corrected chi connectivity index (χ0v) is 24.8. The molecule has 7 rings (SSSR count). The molecule has 4 heteroatoms. The summed E-state index contributed by atoms with van der Waals surface area (Å²) in [5.74, 6) is 2.61. The summed E-state index contributed by atoms with van der Waals surface area (Å²) in [6.07, 6.45) is 5.64. The van der Waals surface area contributed by atoms with Gasteiger partial charge < -0.3 is 8.83 Å². The van der Waals surface area contributed by atoms with Crippen LogP contribution in [0.1, 0.15) is 25.0 Å². The Hall–Kier alpha value is -5.48. The Morgan fingerprint density at radius 2 is 0.636 bits per heavy atom. The molecule has 0 unspecified atom stereocenters. The van der Waals surface area contributed by atoms with Crippen LogP contribution in [0.5, 0.6) is 0 Å². The van der Waals surface area contributed by atoms with Crippen molar-refractivity contribution in [1.82, 2.24) is 9.97 Å². The van der Waals surface area contributed by atoms with Crippen LogP contribution in [0.2, 0.25) is 0 Å². The van der Waals surface area contributed by atoms with Gasteiger partial charge in [0.1, 0.15) is 0 Å². The standard InChI is InChI=1S/C40H32N2O2/c1-3-27-5-9-29(10-6-27)31-13-17-33(18-14-31)37-25-41-39(43-37)35-21-23-36(24-22-35)40-42-26-38(44-40)34-19-15-32(16-20-34)30-11-7-28(4-2)8-12-30/h5-26H,3-4H2,1-2H3. The minimum absolute atomic E-state index is 0.572. The van der Waals surface area contributed by atoms with E-state index < -0.39 is 0 Å². The minimum Gasteiger partial charge on any atom is -0.436 e. The molecule has 0 saturated carbocycles. The van der Waals surface area contributed by atoms with E-state index >= 15 is 0 Å². The largest absolute Gasteiger partial charge is 0.436 e.